The third-order valence-electron chi connectivity index (χ3n) is 6.75. The summed E-state index contributed by atoms with van der Waals surface area (Å²) in [6, 6.07) is 13.2. The maximum Gasteiger partial charge on any atom is 0.257 e. The van der Waals surface area contributed by atoms with E-state index in [1.165, 1.54) is 81.1 Å². The van der Waals surface area contributed by atoms with Gasteiger partial charge in [0.25, 0.3) is 5.91 Å². The molecule has 0 aliphatic carbocycles. The Balaban J connectivity index is 1.30. The number of halogens is 1. The fourth-order valence-corrected chi connectivity index (χ4v) is 5.42. The molecule has 4 nitrogen and oxygen atoms in total. The number of aromatic nitrogens is 1. The van der Waals surface area contributed by atoms with Gasteiger partial charge in [0.1, 0.15) is 5.75 Å². The Morgan fingerprint density at radius 2 is 1.53 bits per heavy atom. The fourth-order valence-electron chi connectivity index (χ4n) is 4.53. The van der Waals surface area contributed by atoms with Crippen LogP contribution < -0.4 is 14.6 Å². The molecule has 0 radical (unpaired) electrons. The van der Waals surface area contributed by atoms with Crippen LogP contribution in [0.15, 0.2) is 54.2 Å². The number of rotatable bonds is 18. The van der Waals surface area contributed by atoms with E-state index in [-0.39, 0.29) is 5.91 Å². The second-order valence-corrected chi connectivity index (χ2v) is 11.7. The standard InChI is InChI=1S/C32H43ClN2O2S/c1-3-4-5-6-7-8-9-10-11-12-13-14-21-37-29-19-20-30(31(33)22-29)32(36)34-28-17-15-27(16-18-28)24-35-23-26(2)38-25-35/h15-20,22-23,25H,3-14,21,24H2,1-2H3/p+1. The highest BCUT2D eigenvalue weighted by Gasteiger charge is 2.12. The molecule has 206 valence electrons. The molecule has 0 spiro atoms. The first-order valence-corrected chi connectivity index (χ1v) is 15.6. The summed E-state index contributed by atoms with van der Waals surface area (Å²) in [4.78, 5) is 14.1. The number of aryl methyl sites for hydroxylation is 1. The van der Waals surface area contributed by atoms with Crippen molar-refractivity contribution in [1.29, 1.82) is 0 Å². The van der Waals surface area contributed by atoms with Gasteiger partial charge >= 0.3 is 0 Å². The highest BCUT2D eigenvalue weighted by molar-refractivity contribution is 7.09. The third-order valence-corrected chi connectivity index (χ3v) is 7.92. The normalized spacial score (nSPS) is 11.0. The Labute approximate surface area is 238 Å². The molecule has 3 rings (SSSR count). The van der Waals surface area contributed by atoms with Crippen molar-refractivity contribution < 1.29 is 14.1 Å². The Morgan fingerprint density at radius 3 is 2.11 bits per heavy atom. The Kier molecular flexibility index (Phi) is 13.7. The van der Waals surface area contributed by atoms with Crippen molar-refractivity contribution in [2.75, 3.05) is 11.9 Å². The number of ether oxygens (including phenoxy) is 1. The molecule has 0 fully saturated rings. The molecule has 0 atom stereocenters. The molecule has 1 heterocycles. The Morgan fingerprint density at radius 1 is 0.895 bits per heavy atom. The van der Waals surface area contributed by atoms with E-state index in [1.807, 2.05) is 30.3 Å². The van der Waals surface area contributed by atoms with Crippen LogP contribution in [0, 0.1) is 6.92 Å². The lowest BCUT2D eigenvalue weighted by atomic mass is 10.1. The number of unbranched alkanes of at least 4 members (excludes halogenated alkanes) is 11. The van der Waals surface area contributed by atoms with Gasteiger partial charge in [-0.3, -0.25) is 4.79 Å². The summed E-state index contributed by atoms with van der Waals surface area (Å²) in [5.74, 6) is 0.484. The van der Waals surface area contributed by atoms with E-state index in [0.29, 0.717) is 22.9 Å². The van der Waals surface area contributed by atoms with Gasteiger partial charge in [-0.1, -0.05) is 113 Å². The maximum absolute atomic E-state index is 12.8. The van der Waals surface area contributed by atoms with Crippen molar-refractivity contribution in [2.24, 2.45) is 0 Å². The van der Waals surface area contributed by atoms with E-state index in [4.69, 9.17) is 16.3 Å². The predicted molar refractivity (Wildman–Crippen MR) is 161 cm³/mol. The van der Waals surface area contributed by atoms with Crippen molar-refractivity contribution in [3.8, 4) is 5.75 Å². The molecule has 3 aromatic rings. The summed E-state index contributed by atoms with van der Waals surface area (Å²) < 4.78 is 8.04. The first kappa shape index (κ1) is 30.2. The van der Waals surface area contributed by atoms with Crippen LogP contribution in [0.2, 0.25) is 5.02 Å². The summed E-state index contributed by atoms with van der Waals surface area (Å²) in [6.07, 6.45) is 18.0. The van der Waals surface area contributed by atoms with Gasteiger partial charge in [0.05, 0.1) is 22.1 Å². The van der Waals surface area contributed by atoms with Crippen molar-refractivity contribution in [1.82, 2.24) is 0 Å². The number of thiazole rings is 1. The average Bonchev–Trinajstić information content (AvgIpc) is 3.32. The Hall–Kier alpha value is -2.37. The Bertz CT molecular complexity index is 1100. The molecule has 0 aliphatic rings. The minimum Gasteiger partial charge on any atom is -0.494 e. The lowest BCUT2D eigenvalue weighted by Crippen LogP contribution is -2.30. The molecule has 1 amide bonds. The lowest BCUT2D eigenvalue weighted by molar-refractivity contribution is -0.683. The molecule has 0 saturated carbocycles. The quantitative estimate of drug-likeness (QED) is 0.125. The first-order valence-electron chi connectivity index (χ1n) is 14.3. The minimum atomic E-state index is -0.224. The van der Waals surface area contributed by atoms with E-state index in [0.717, 1.165) is 18.7 Å². The summed E-state index contributed by atoms with van der Waals surface area (Å²) in [5, 5.41) is 3.34. The van der Waals surface area contributed by atoms with Gasteiger partial charge in [-0.05, 0) is 43.7 Å². The summed E-state index contributed by atoms with van der Waals surface area (Å²) in [6.45, 7) is 5.86. The molecule has 6 heteroatoms. The highest BCUT2D eigenvalue weighted by Crippen LogP contribution is 2.24. The van der Waals surface area contributed by atoms with Gasteiger partial charge in [-0.2, -0.15) is 4.57 Å². The number of carbonyl (C=O) groups excluding carboxylic acids is 1. The lowest BCUT2D eigenvalue weighted by Gasteiger charge is -2.10. The number of anilines is 1. The van der Waals surface area contributed by atoms with Crippen LogP contribution in [0.25, 0.3) is 0 Å². The van der Waals surface area contributed by atoms with Gasteiger partial charge < -0.3 is 10.1 Å². The van der Waals surface area contributed by atoms with Crippen LogP contribution >= 0.6 is 22.9 Å². The zero-order valence-corrected chi connectivity index (χ0v) is 24.7. The molecule has 2 aromatic carbocycles. The van der Waals surface area contributed by atoms with Crippen LogP contribution in [-0.2, 0) is 6.54 Å². The van der Waals surface area contributed by atoms with Crippen LogP contribution in [0.1, 0.15) is 105 Å². The molecule has 1 aromatic heterocycles. The number of nitrogens with one attached hydrogen (secondary N) is 1. The van der Waals surface area contributed by atoms with E-state index >= 15 is 0 Å². The monoisotopic (exact) mass is 555 g/mol. The predicted octanol–water partition coefficient (Wildman–Crippen LogP) is 9.38. The van der Waals surface area contributed by atoms with E-state index < -0.39 is 0 Å². The molecule has 1 N–H and O–H groups in total. The summed E-state index contributed by atoms with van der Waals surface area (Å²) in [5.41, 5.74) is 4.48. The van der Waals surface area contributed by atoms with E-state index in [2.05, 4.69) is 35.4 Å². The third kappa shape index (κ3) is 11.2. The molecule has 0 unspecified atom stereocenters. The summed E-state index contributed by atoms with van der Waals surface area (Å²) in [7, 11) is 0. The minimum absolute atomic E-state index is 0.224. The topological polar surface area (TPSA) is 42.2 Å². The molecular weight excluding hydrogens is 512 g/mol. The largest absolute Gasteiger partial charge is 0.494 e. The van der Waals surface area contributed by atoms with Crippen molar-refractivity contribution in [3.63, 3.8) is 0 Å². The molecule has 0 saturated heterocycles. The number of amides is 1. The van der Waals surface area contributed by atoms with Crippen molar-refractivity contribution in [3.05, 3.63) is 75.2 Å². The number of benzene rings is 2. The van der Waals surface area contributed by atoms with Gasteiger partial charge in [0.15, 0.2) is 12.7 Å². The smallest absolute Gasteiger partial charge is 0.257 e. The first-order chi connectivity index (χ1) is 18.5. The summed E-state index contributed by atoms with van der Waals surface area (Å²) >= 11 is 8.16. The van der Waals surface area contributed by atoms with Crippen molar-refractivity contribution in [2.45, 2.75) is 97.4 Å². The van der Waals surface area contributed by atoms with Gasteiger partial charge in [-0.25, -0.2) is 0 Å². The average molecular weight is 556 g/mol. The SMILES string of the molecule is CCCCCCCCCCCCCCOc1ccc(C(=O)Nc2ccc(C[n+]3csc(C)c3)cc2)c(Cl)c1. The second-order valence-electron chi connectivity index (χ2n) is 10.2. The van der Waals surface area contributed by atoms with Gasteiger partial charge in [0, 0.05) is 11.3 Å². The van der Waals surface area contributed by atoms with Gasteiger partial charge in [-0.15, -0.1) is 0 Å². The molecule has 0 bridgehead atoms. The van der Waals surface area contributed by atoms with Crippen LogP contribution in [0.3, 0.4) is 0 Å². The number of nitrogens with zero attached hydrogens (tertiary/aromatic N) is 1. The van der Waals surface area contributed by atoms with Crippen LogP contribution in [0.4, 0.5) is 5.69 Å². The second kappa shape index (κ2) is 17.3. The zero-order chi connectivity index (χ0) is 27.0. The fraction of sp³-hybridized carbons (Fsp3) is 0.500. The zero-order valence-electron chi connectivity index (χ0n) is 23.1. The highest BCUT2D eigenvalue weighted by atomic mass is 35.5. The molecule has 38 heavy (non-hydrogen) atoms. The molecule has 0 aliphatic heterocycles. The van der Waals surface area contributed by atoms with E-state index in [1.54, 1.807) is 23.5 Å². The van der Waals surface area contributed by atoms with Gasteiger partial charge in [0.2, 0.25) is 5.51 Å². The van der Waals surface area contributed by atoms with Crippen LogP contribution in [0.5, 0.6) is 5.75 Å². The number of hydrogen-bond acceptors (Lipinski definition) is 3. The van der Waals surface area contributed by atoms with E-state index in [9.17, 15) is 4.79 Å². The maximum atomic E-state index is 12.8. The van der Waals surface area contributed by atoms with Crippen molar-refractivity contribution >= 4 is 34.5 Å². The number of hydrogen-bond donors (Lipinski definition) is 1. The number of carbonyl (C=O) groups is 1. The van der Waals surface area contributed by atoms with Crippen LogP contribution in [-0.4, -0.2) is 12.5 Å². The molecular formula is C32H44ClN2O2S+.